The molecule has 0 aromatic carbocycles. The average Bonchev–Trinajstić information content (AvgIpc) is 2.50. The van der Waals surface area contributed by atoms with E-state index in [0.717, 1.165) is 0 Å². The summed E-state index contributed by atoms with van der Waals surface area (Å²) >= 11 is 0. The van der Waals surface area contributed by atoms with Crippen molar-refractivity contribution < 1.29 is 4.79 Å². The zero-order chi connectivity index (χ0) is 10.1. The highest BCUT2D eigenvalue weighted by Gasteiger charge is 2.15. The molecule has 1 aromatic heterocycles. The number of hydrogen-bond donors (Lipinski definition) is 1. The molecule has 0 fully saturated rings. The highest BCUT2D eigenvalue weighted by Crippen LogP contribution is 2.13. The number of carbonyl (C=O) groups excluding carboxylic acids is 1. The number of amides is 1. The first-order chi connectivity index (χ1) is 5.95. The van der Waals surface area contributed by atoms with Crippen LogP contribution in [0.25, 0.3) is 0 Å². The van der Waals surface area contributed by atoms with Crippen LogP contribution in [0.5, 0.6) is 0 Å². The molecule has 0 saturated heterocycles. The van der Waals surface area contributed by atoms with Crippen LogP contribution in [0.15, 0.2) is 12.5 Å². The summed E-state index contributed by atoms with van der Waals surface area (Å²) in [6, 6.07) is 0. The molecule has 0 spiro atoms. The fourth-order valence-corrected chi connectivity index (χ4v) is 0.935. The Kier molecular flexibility index (Phi) is 2.40. The highest BCUT2D eigenvalue weighted by molar-refractivity contribution is 5.91. The number of carbonyl (C=O) groups is 1. The summed E-state index contributed by atoms with van der Waals surface area (Å²) in [5, 5.41) is 2.53. The normalized spacial score (nSPS) is 11.4. The molecule has 4 heteroatoms. The van der Waals surface area contributed by atoms with Crippen molar-refractivity contribution in [3.05, 3.63) is 18.2 Å². The molecule has 1 aromatic rings. The van der Waals surface area contributed by atoms with Gasteiger partial charge in [-0.3, -0.25) is 4.79 Å². The molecule has 0 aliphatic carbocycles. The predicted molar refractivity (Wildman–Crippen MR) is 50.6 cm³/mol. The summed E-state index contributed by atoms with van der Waals surface area (Å²) in [5.41, 5.74) is 0.427. The van der Waals surface area contributed by atoms with Crippen molar-refractivity contribution in [1.82, 2.24) is 14.9 Å². The van der Waals surface area contributed by atoms with Crippen LogP contribution in [0.3, 0.4) is 0 Å². The van der Waals surface area contributed by atoms with Crippen LogP contribution in [0, 0.1) is 0 Å². The van der Waals surface area contributed by atoms with E-state index in [1.165, 1.54) is 0 Å². The van der Waals surface area contributed by atoms with Crippen LogP contribution in [0.4, 0.5) is 0 Å². The Morgan fingerprint density at radius 2 is 2.15 bits per heavy atom. The monoisotopic (exact) mass is 181 g/mol. The van der Waals surface area contributed by atoms with Gasteiger partial charge in [-0.1, -0.05) is 0 Å². The zero-order valence-electron chi connectivity index (χ0n) is 8.46. The number of aromatic nitrogens is 2. The van der Waals surface area contributed by atoms with Crippen LogP contribution in [-0.4, -0.2) is 22.5 Å². The van der Waals surface area contributed by atoms with Gasteiger partial charge in [0.25, 0.3) is 5.91 Å². The fourth-order valence-electron chi connectivity index (χ4n) is 0.935. The Labute approximate surface area is 78.0 Å². The molecular weight excluding hydrogens is 166 g/mol. The standard InChI is InChI=1S/C9H15N3O/c1-9(2,3)12-5-7(11-6-12)8(13)10-4/h5-6H,1-4H3,(H,10,13). The lowest BCUT2D eigenvalue weighted by molar-refractivity contribution is 0.0958. The van der Waals surface area contributed by atoms with Crippen molar-refractivity contribution in [2.24, 2.45) is 0 Å². The van der Waals surface area contributed by atoms with Crippen molar-refractivity contribution in [3.63, 3.8) is 0 Å². The summed E-state index contributed by atoms with van der Waals surface area (Å²) < 4.78 is 1.91. The van der Waals surface area contributed by atoms with Crippen molar-refractivity contribution in [2.75, 3.05) is 7.05 Å². The lowest BCUT2D eigenvalue weighted by Gasteiger charge is -2.19. The highest BCUT2D eigenvalue weighted by atomic mass is 16.1. The second-order valence-corrected chi connectivity index (χ2v) is 3.92. The predicted octanol–water partition coefficient (Wildman–Crippen LogP) is 0.998. The topological polar surface area (TPSA) is 46.9 Å². The number of imidazole rings is 1. The summed E-state index contributed by atoms with van der Waals surface area (Å²) in [4.78, 5) is 15.2. The number of nitrogens with zero attached hydrogens (tertiary/aromatic N) is 2. The van der Waals surface area contributed by atoms with Crippen molar-refractivity contribution in [2.45, 2.75) is 26.3 Å². The first-order valence-electron chi connectivity index (χ1n) is 4.21. The van der Waals surface area contributed by atoms with E-state index in [1.807, 2.05) is 4.57 Å². The van der Waals surface area contributed by atoms with Gasteiger partial charge in [-0.05, 0) is 20.8 Å². The Balaban J connectivity index is 2.93. The summed E-state index contributed by atoms with van der Waals surface area (Å²) in [5.74, 6) is -0.150. The fraction of sp³-hybridized carbons (Fsp3) is 0.556. The van der Waals surface area contributed by atoms with Gasteiger partial charge >= 0.3 is 0 Å². The molecule has 1 rings (SSSR count). The molecule has 72 valence electrons. The van der Waals surface area contributed by atoms with Gasteiger partial charge in [-0.15, -0.1) is 0 Å². The van der Waals surface area contributed by atoms with Crippen molar-refractivity contribution >= 4 is 5.91 Å². The van der Waals surface area contributed by atoms with Crippen molar-refractivity contribution in [3.8, 4) is 0 Å². The molecule has 0 atom stereocenters. The maximum absolute atomic E-state index is 11.2. The molecule has 0 saturated carbocycles. The lowest BCUT2D eigenvalue weighted by atomic mass is 10.1. The van der Waals surface area contributed by atoms with E-state index in [4.69, 9.17) is 0 Å². The van der Waals surface area contributed by atoms with Gasteiger partial charge in [0.15, 0.2) is 0 Å². The first kappa shape index (κ1) is 9.77. The average molecular weight is 181 g/mol. The second-order valence-electron chi connectivity index (χ2n) is 3.92. The van der Waals surface area contributed by atoms with E-state index in [1.54, 1.807) is 19.6 Å². The minimum atomic E-state index is -0.150. The number of rotatable bonds is 1. The molecular formula is C9H15N3O. The zero-order valence-corrected chi connectivity index (χ0v) is 8.46. The van der Waals surface area contributed by atoms with Crippen LogP contribution < -0.4 is 5.32 Å². The van der Waals surface area contributed by atoms with E-state index < -0.39 is 0 Å². The smallest absolute Gasteiger partial charge is 0.271 e. The minimum Gasteiger partial charge on any atom is -0.354 e. The van der Waals surface area contributed by atoms with Gasteiger partial charge in [0.2, 0.25) is 0 Å². The molecule has 1 heterocycles. The van der Waals surface area contributed by atoms with Gasteiger partial charge < -0.3 is 9.88 Å². The molecule has 0 aliphatic heterocycles. The van der Waals surface area contributed by atoms with E-state index >= 15 is 0 Å². The molecule has 0 aliphatic rings. The third-order valence-electron chi connectivity index (χ3n) is 1.82. The molecule has 0 unspecified atom stereocenters. The van der Waals surface area contributed by atoms with Gasteiger partial charge in [-0.25, -0.2) is 4.98 Å². The lowest BCUT2D eigenvalue weighted by Crippen LogP contribution is -2.21. The molecule has 13 heavy (non-hydrogen) atoms. The van der Waals surface area contributed by atoms with Gasteiger partial charge in [0.1, 0.15) is 5.69 Å². The maximum atomic E-state index is 11.2. The Morgan fingerprint density at radius 3 is 2.54 bits per heavy atom. The summed E-state index contributed by atoms with van der Waals surface area (Å²) in [7, 11) is 1.60. The molecule has 1 amide bonds. The quantitative estimate of drug-likeness (QED) is 0.702. The summed E-state index contributed by atoms with van der Waals surface area (Å²) in [6.45, 7) is 6.17. The van der Waals surface area contributed by atoms with Gasteiger partial charge in [0.05, 0.1) is 6.33 Å². The third kappa shape index (κ3) is 2.08. The van der Waals surface area contributed by atoms with E-state index in [2.05, 4.69) is 31.1 Å². The maximum Gasteiger partial charge on any atom is 0.271 e. The summed E-state index contributed by atoms with van der Waals surface area (Å²) in [6.07, 6.45) is 3.42. The van der Waals surface area contributed by atoms with E-state index in [0.29, 0.717) is 5.69 Å². The largest absolute Gasteiger partial charge is 0.354 e. The van der Waals surface area contributed by atoms with E-state index in [9.17, 15) is 4.79 Å². The van der Waals surface area contributed by atoms with Crippen LogP contribution in [0.1, 0.15) is 31.3 Å². The third-order valence-corrected chi connectivity index (χ3v) is 1.82. The second kappa shape index (κ2) is 3.20. The number of hydrogen-bond acceptors (Lipinski definition) is 2. The van der Waals surface area contributed by atoms with Gasteiger partial charge in [-0.2, -0.15) is 0 Å². The minimum absolute atomic E-state index is 0.0285. The first-order valence-corrected chi connectivity index (χ1v) is 4.21. The molecule has 0 radical (unpaired) electrons. The van der Waals surface area contributed by atoms with E-state index in [-0.39, 0.29) is 11.4 Å². The van der Waals surface area contributed by atoms with Crippen LogP contribution in [-0.2, 0) is 5.54 Å². The molecule has 0 bridgehead atoms. The molecule has 1 N–H and O–H groups in total. The van der Waals surface area contributed by atoms with Crippen molar-refractivity contribution in [1.29, 1.82) is 0 Å². The Bertz CT molecular complexity index is 309. The van der Waals surface area contributed by atoms with Gasteiger partial charge in [0, 0.05) is 18.8 Å². The molecule has 4 nitrogen and oxygen atoms in total. The van der Waals surface area contributed by atoms with Crippen LogP contribution in [0.2, 0.25) is 0 Å². The Morgan fingerprint density at radius 1 is 1.54 bits per heavy atom. The van der Waals surface area contributed by atoms with Crippen LogP contribution >= 0.6 is 0 Å². The Hall–Kier alpha value is -1.32. The number of nitrogens with one attached hydrogen (secondary N) is 1. The SMILES string of the molecule is CNC(=O)c1cn(C(C)(C)C)cn1.